The number of halogens is 1. The van der Waals surface area contributed by atoms with Gasteiger partial charge in [-0.2, -0.15) is 0 Å². The van der Waals surface area contributed by atoms with E-state index < -0.39 is 4.92 Å². The highest BCUT2D eigenvalue weighted by molar-refractivity contribution is 6.33. The first-order valence-electron chi connectivity index (χ1n) is 6.15. The molecule has 10 nitrogen and oxygen atoms in total. The minimum atomic E-state index is -0.505. The molecule has 3 rings (SSSR count). The summed E-state index contributed by atoms with van der Waals surface area (Å²) in [5.41, 5.74) is 4.01. The van der Waals surface area contributed by atoms with Crippen molar-refractivity contribution in [1.29, 1.82) is 0 Å². The SMILES string of the molecule is O=[N+]([O-])c1ccc(Cl)c(-c2ccc(/C=N\[N-]c3nn[nH]n3)o2)c1. The number of non-ortho nitro benzene ring substituents is 1. The number of H-pyrrole nitrogens is 1. The fraction of sp³-hybridized carbons (Fsp3) is 0. The van der Waals surface area contributed by atoms with Crippen LogP contribution in [-0.4, -0.2) is 31.8 Å². The summed E-state index contributed by atoms with van der Waals surface area (Å²) in [6, 6.07) is 7.35. The molecule has 1 N–H and O–H groups in total. The normalized spacial score (nSPS) is 11.0. The minimum Gasteiger partial charge on any atom is -0.455 e. The van der Waals surface area contributed by atoms with Crippen molar-refractivity contribution in [3.63, 3.8) is 0 Å². The van der Waals surface area contributed by atoms with E-state index in [0.29, 0.717) is 22.1 Å². The Morgan fingerprint density at radius 3 is 3.00 bits per heavy atom. The third-order valence-electron chi connectivity index (χ3n) is 2.72. The molecule has 0 saturated carbocycles. The molecule has 1 aromatic carbocycles. The van der Waals surface area contributed by atoms with E-state index in [1.807, 2.05) is 0 Å². The zero-order valence-corrected chi connectivity index (χ0v) is 12.0. The standard InChI is InChI=1S/C12H7ClN7O3/c13-10-3-1-7(20(21)22)5-9(10)11-4-2-8(23-11)6-14-15-12-16-18-19-17-12/h1-6H,(H-,15,16,17,18,19)/q-1/b14-6-. The lowest BCUT2D eigenvalue weighted by molar-refractivity contribution is -0.384. The summed E-state index contributed by atoms with van der Waals surface area (Å²) in [4.78, 5) is 10.3. The zero-order valence-electron chi connectivity index (χ0n) is 11.3. The summed E-state index contributed by atoms with van der Waals surface area (Å²) >= 11 is 6.05. The molecule has 0 atom stereocenters. The maximum absolute atomic E-state index is 10.8. The Labute approximate surface area is 133 Å². The summed E-state index contributed by atoms with van der Waals surface area (Å²) in [5, 5.41) is 27.7. The number of benzene rings is 1. The summed E-state index contributed by atoms with van der Waals surface area (Å²) < 4.78 is 5.52. The van der Waals surface area contributed by atoms with Gasteiger partial charge in [0.2, 0.25) is 0 Å². The van der Waals surface area contributed by atoms with Gasteiger partial charge < -0.3 is 4.42 Å². The van der Waals surface area contributed by atoms with Crippen molar-refractivity contribution < 1.29 is 9.34 Å². The van der Waals surface area contributed by atoms with Crippen LogP contribution in [0.5, 0.6) is 0 Å². The number of aromatic nitrogens is 4. The molecule has 2 aromatic heterocycles. The molecular weight excluding hydrogens is 326 g/mol. The lowest BCUT2D eigenvalue weighted by atomic mass is 10.1. The predicted molar refractivity (Wildman–Crippen MR) is 80.6 cm³/mol. The molecule has 0 bridgehead atoms. The first kappa shape index (κ1) is 14.7. The van der Waals surface area contributed by atoms with Crippen LogP contribution < -0.4 is 0 Å². The molecule has 0 aliphatic carbocycles. The van der Waals surface area contributed by atoms with E-state index in [0.717, 1.165) is 0 Å². The van der Waals surface area contributed by atoms with Crippen LogP contribution in [0.25, 0.3) is 16.7 Å². The number of hydrogen-bond donors (Lipinski definition) is 1. The van der Waals surface area contributed by atoms with Crippen LogP contribution in [0.15, 0.2) is 39.9 Å². The number of aromatic amines is 1. The van der Waals surface area contributed by atoms with E-state index >= 15 is 0 Å². The Hall–Kier alpha value is -3.27. The fourth-order valence-electron chi connectivity index (χ4n) is 1.72. The molecule has 0 aliphatic rings. The van der Waals surface area contributed by atoms with Crippen molar-refractivity contribution in [2.75, 3.05) is 0 Å². The van der Waals surface area contributed by atoms with Crippen LogP contribution in [0, 0.1) is 10.1 Å². The Morgan fingerprint density at radius 1 is 1.39 bits per heavy atom. The lowest BCUT2D eigenvalue weighted by Gasteiger charge is -2.00. The van der Waals surface area contributed by atoms with Gasteiger partial charge in [0, 0.05) is 17.7 Å². The average Bonchev–Trinajstić information content (AvgIpc) is 3.19. The zero-order chi connectivity index (χ0) is 16.2. The molecule has 2 heterocycles. The number of hydrogen-bond acceptors (Lipinski definition) is 7. The second kappa shape index (κ2) is 6.23. The van der Waals surface area contributed by atoms with Crippen molar-refractivity contribution >= 4 is 29.5 Å². The minimum absolute atomic E-state index is 0.0785. The van der Waals surface area contributed by atoms with Crippen molar-refractivity contribution in [3.8, 4) is 11.3 Å². The van der Waals surface area contributed by atoms with E-state index in [9.17, 15) is 10.1 Å². The molecule has 23 heavy (non-hydrogen) atoms. The van der Waals surface area contributed by atoms with Gasteiger partial charge in [0.25, 0.3) is 5.69 Å². The van der Waals surface area contributed by atoms with Gasteiger partial charge in [-0.05, 0) is 18.2 Å². The lowest BCUT2D eigenvalue weighted by Crippen LogP contribution is -1.88. The first-order chi connectivity index (χ1) is 11.1. The highest BCUT2D eigenvalue weighted by Crippen LogP contribution is 2.32. The molecule has 0 saturated heterocycles. The molecule has 11 heteroatoms. The topological polar surface area (TPSA) is 137 Å². The predicted octanol–water partition coefficient (Wildman–Crippen LogP) is 3.06. The van der Waals surface area contributed by atoms with Crippen LogP contribution in [-0.2, 0) is 0 Å². The molecule has 0 unspecified atom stereocenters. The number of nitrogens with one attached hydrogen (secondary N) is 1. The molecule has 116 valence electrons. The largest absolute Gasteiger partial charge is 0.455 e. The Kier molecular flexibility index (Phi) is 3.97. The fourth-order valence-corrected chi connectivity index (χ4v) is 1.93. The van der Waals surface area contributed by atoms with Crippen LogP contribution in [0.2, 0.25) is 5.02 Å². The molecule has 3 aromatic rings. The Bertz CT molecular complexity index is 859. The van der Waals surface area contributed by atoms with Crippen LogP contribution in [0.1, 0.15) is 5.76 Å². The smallest absolute Gasteiger partial charge is 0.270 e. The van der Waals surface area contributed by atoms with Gasteiger partial charge in [0.15, 0.2) is 0 Å². The third-order valence-corrected chi connectivity index (χ3v) is 3.05. The number of nitro benzene ring substituents is 1. The van der Waals surface area contributed by atoms with Crippen molar-refractivity contribution in [1.82, 2.24) is 20.6 Å². The van der Waals surface area contributed by atoms with Crippen molar-refractivity contribution in [3.05, 3.63) is 56.7 Å². The second-order valence-corrected chi connectivity index (χ2v) is 4.59. The van der Waals surface area contributed by atoms with Gasteiger partial charge in [-0.3, -0.25) is 31.0 Å². The molecular formula is C12H7ClN7O3-. The van der Waals surface area contributed by atoms with Gasteiger partial charge in [-0.25, -0.2) is 5.10 Å². The number of rotatable bonds is 5. The maximum Gasteiger partial charge on any atom is 0.270 e. The van der Waals surface area contributed by atoms with E-state index in [-0.39, 0.29) is 11.6 Å². The summed E-state index contributed by atoms with van der Waals surface area (Å²) in [5.74, 6) is 0.837. The van der Waals surface area contributed by atoms with Gasteiger partial charge in [0.05, 0.1) is 22.1 Å². The van der Waals surface area contributed by atoms with Gasteiger partial charge in [0.1, 0.15) is 11.5 Å². The molecule has 0 amide bonds. The van der Waals surface area contributed by atoms with Gasteiger partial charge in [-0.15, -0.1) is 5.21 Å². The van der Waals surface area contributed by atoms with Crippen LogP contribution >= 0.6 is 11.6 Å². The van der Waals surface area contributed by atoms with E-state index in [4.69, 9.17) is 16.0 Å². The summed E-state index contributed by atoms with van der Waals surface area (Å²) in [6.07, 6.45) is 1.34. The number of nitrogens with zero attached hydrogens (tertiary/aromatic N) is 6. The Morgan fingerprint density at radius 2 is 2.26 bits per heavy atom. The maximum atomic E-state index is 10.8. The van der Waals surface area contributed by atoms with Crippen LogP contribution in [0.3, 0.4) is 0 Å². The first-order valence-corrected chi connectivity index (χ1v) is 6.53. The highest BCUT2D eigenvalue weighted by atomic mass is 35.5. The van der Waals surface area contributed by atoms with Crippen LogP contribution in [0.4, 0.5) is 11.6 Å². The molecule has 0 spiro atoms. The quantitative estimate of drug-likeness (QED) is 0.433. The monoisotopic (exact) mass is 332 g/mol. The van der Waals surface area contributed by atoms with Gasteiger partial charge in [-0.1, -0.05) is 11.6 Å². The van der Waals surface area contributed by atoms with Gasteiger partial charge >= 0.3 is 0 Å². The average molecular weight is 333 g/mol. The van der Waals surface area contributed by atoms with E-state index in [1.54, 1.807) is 12.1 Å². The third kappa shape index (κ3) is 3.32. The number of furan rings is 1. The van der Waals surface area contributed by atoms with E-state index in [1.165, 1.54) is 24.4 Å². The summed E-state index contributed by atoms with van der Waals surface area (Å²) in [6.45, 7) is 0. The van der Waals surface area contributed by atoms with Crippen molar-refractivity contribution in [2.24, 2.45) is 5.10 Å². The summed E-state index contributed by atoms with van der Waals surface area (Å²) in [7, 11) is 0. The second-order valence-electron chi connectivity index (χ2n) is 4.18. The number of nitro groups is 1. The Balaban J connectivity index is 1.80. The number of tetrazole rings is 1. The van der Waals surface area contributed by atoms with Crippen molar-refractivity contribution in [2.45, 2.75) is 0 Å². The van der Waals surface area contributed by atoms with E-state index in [2.05, 4.69) is 31.2 Å². The molecule has 0 radical (unpaired) electrons. The molecule has 0 aliphatic heterocycles. The molecule has 0 fully saturated rings. The highest BCUT2D eigenvalue weighted by Gasteiger charge is 2.13.